The standard InChI is InChI=1S/C30H34N4O4/c1-20(35)32-26-13-7-12-25(18-26)24-11-6-10-23(16-24)17-27(33-21(2)36)29(37)28-30(38)34(15-14-31-28)19-22-8-4-3-5-9-22/h3-13,16,18,27-29,31,37H,14-15,17,19H2,1-2H3,(H,32,35)(H,33,36)/t27-,28-,29-/m0/s1. The number of carbonyl (C=O) groups excluding carboxylic acids is 3. The fourth-order valence-corrected chi connectivity index (χ4v) is 4.84. The van der Waals surface area contributed by atoms with Crippen LogP contribution in [0.2, 0.25) is 0 Å². The summed E-state index contributed by atoms with van der Waals surface area (Å²) in [6.07, 6.45) is -0.791. The van der Waals surface area contributed by atoms with Gasteiger partial charge >= 0.3 is 0 Å². The minimum absolute atomic E-state index is 0.142. The minimum Gasteiger partial charge on any atom is -0.389 e. The summed E-state index contributed by atoms with van der Waals surface area (Å²) in [6, 6.07) is 23.6. The number of benzene rings is 3. The predicted octanol–water partition coefficient (Wildman–Crippen LogP) is 2.72. The van der Waals surface area contributed by atoms with Crippen LogP contribution in [0.1, 0.15) is 25.0 Å². The number of amides is 3. The molecule has 1 saturated heterocycles. The molecule has 0 unspecified atom stereocenters. The van der Waals surface area contributed by atoms with Crippen molar-refractivity contribution in [3.63, 3.8) is 0 Å². The highest BCUT2D eigenvalue weighted by Gasteiger charge is 2.38. The van der Waals surface area contributed by atoms with Crippen molar-refractivity contribution < 1.29 is 19.5 Å². The molecule has 3 aromatic rings. The Kier molecular flexibility index (Phi) is 8.89. The Balaban J connectivity index is 1.51. The number of nitrogens with zero attached hydrogens (tertiary/aromatic N) is 1. The van der Waals surface area contributed by atoms with E-state index in [9.17, 15) is 19.5 Å². The van der Waals surface area contributed by atoms with Crippen molar-refractivity contribution in [1.29, 1.82) is 0 Å². The first-order chi connectivity index (χ1) is 18.3. The molecule has 0 aromatic heterocycles. The summed E-state index contributed by atoms with van der Waals surface area (Å²) in [5, 5.41) is 20.1. The van der Waals surface area contributed by atoms with Crippen molar-refractivity contribution >= 4 is 23.4 Å². The van der Waals surface area contributed by atoms with E-state index in [2.05, 4.69) is 16.0 Å². The first-order valence-electron chi connectivity index (χ1n) is 12.8. The minimum atomic E-state index is -1.13. The molecular weight excluding hydrogens is 480 g/mol. The Morgan fingerprint density at radius 1 is 0.947 bits per heavy atom. The van der Waals surface area contributed by atoms with Gasteiger partial charge in [0.1, 0.15) is 6.04 Å². The number of nitrogens with one attached hydrogen (secondary N) is 3. The second-order valence-corrected chi connectivity index (χ2v) is 9.64. The molecule has 4 N–H and O–H groups in total. The maximum atomic E-state index is 13.3. The van der Waals surface area contributed by atoms with Gasteiger partial charge in [0.2, 0.25) is 17.7 Å². The second kappa shape index (κ2) is 12.5. The summed E-state index contributed by atoms with van der Waals surface area (Å²) >= 11 is 0. The lowest BCUT2D eigenvalue weighted by Gasteiger charge is -2.38. The summed E-state index contributed by atoms with van der Waals surface area (Å²) < 4.78 is 0. The fraction of sp³-hybridized carbons (Fsp3) is 0.300. The van der Waals surface area contributed by atoms with Gasteiger partial charge in [-0.2, -0.15) is 0 Å². The molecule has 1 aliphatic rings. The Hall–Kier alpha value is -4.01. The van der Waals surface area contributed by atoms with Crippen LogP contribution in [0.15, 0.2) is 78.9 Å². The zero-order valence-corrected chi connectivity index (χ0v) is 21.7. The molecule has 0 saturated carbocycles. The highest BCUT2D eigenvalue weighted by atomic mass is 16.3. The lowest BCUT2D eigenvalue weighted by Crippen LogP contribution is -2.63. The van der Waals surface area contributed by atoms with Crippen molar-refractivity contribution in [3.8, 4) is 11.1 Å². The molecule has 1 heterocycles. The van der Waals surface area contributed by atoms with Crippen LogP contribution in [0, 0.1) is 0 Å². The molecule has 8 heteroatoms. The van der Waals surface area contributed by atoms with E-state index in [1.54, 1.807) is 4.90 Å². The van der Waals surface area contributed by atoms with Gasteiger partial charge in [-0.1, -0.05) is 66.7 Å². The maximum absolute atomic E-state index is 13.3. The third kappa shape index (κ3) is 7.06. The molecule has 38 heavy (non-hydrogen) atoms. The van der Waals surface area contributed by atoms with E-state index in [1.165, 1.54) is 13.8 Å². The smallest absolute Gasteiger partial charge is 0.242 e. The number of piperazine rings is 1. The summed E-state index contributed by atoms with van der Waals surface area (Å²) in [7, 11) is 0. The number of anilines is 1. The molecule has 0 radical (unpaired) electrons. The molecule has 3 atom stereocenters. The van der Waals surface area contributed by atoms with E-state index in [-0.39, 0.29) is 17.7 Å². The Morgan fingerprint density at radius 2 is 1.63 bits per heavy atom. The number of rotatable bonds is 9. The molecule has 4 rings (SSSR count). The zero-order valence-electron chi connectivity index (χ0n) is 21.7. The number of hydrogen-bond acceptors (Lipinski definition) is 5. The predicted molar refractivity (Wildman–Crippen MR) is 147 cm³/mol. The quantitative estimate of drug-likeness (QED) is 0.351. The van der Waals surface area contributed by atoms with Gasteiger partial charge in [-0.15, -0.1) is 0 Å². The van der Waals surface area contributed by atoms with Crippen LogP contribution in [0.5, 0.6) is 0 Å². The van der Waals surface area contributed by atoms with Crippen molar-refractivity contribution in [2.75, 3.05) is 18.4 Å². The Bertz CT molecular complexity index is 1280. The van der Waals surface area contributed by atoms with Crippen LogP contribution in [0.3, 0.4) is 0 Å². The van der Waals surface area contributed by atoms with Gasteiger partial charge in [0, 0.05) is 39.2 Å². The average molecular weight is 515 g/mol. The van der Waals surface area contributed by atoms with Crippen molar-refractivity contribution in [2.24, 2.45) is 0 Å². The topological polar surface area (TPSA) is 111 Å². The molecule has 0 aliphatic carbocycles. The molecular formula is C30H34N4O4. The zero-order chi connectivity index (χ0) is 27.1. The molecule has 3 amide bonds. The monoisotopic (exact) mass is 514 g/mol. The first-order valence-corrected chi connectivity index (χ1v) is 12.8. The number of carbonyl (C=O) groups is 3. The SMILES string of the molecule is CC(=O)Nc1cccc(-c2cccc(C[C@H](NC(C)=O)[C@H](O)[C@@H]3NCCN(Cc4ccccc4)C3=O)c2)c1. The van der Waals surface area contributed by atoms with Crippen LogP contribution in [-0.4, -0.2) is 59.0 Å². The highest BCUT2D eigenvalue weighted by Crippen LogP contribution is 2.25. The largest absolute Gasteiger partial charge is 0.389 e. The molecule has 1 fully saturated rings. The van der Waals surface area contributed by atoms with E-state index in [1.807, 2.05) is 78.9 Å². The molecule has 0 bridgehead atoms. The van der Waals surface area contributed by atoms with Gasteiger partial charge in [0.25, 0.3) is 0 Å². The summed E-state index contributed by atoms with van der Waals surface area (Å²) in [4.78, 5) is 38.6. The van der Waals surface area contributed by atoms with Crippen LogP contribution < -0.4 is 16.0 Å². The van der Waals surface area contributed by atoms with E-state index < -0.39 is 18.2 Å². The molecule has 3 aromatic carbocycles. The van der Waals surface area contributed by atoms with Gasteiger partial charge in [-0.3, -0.25) is 14.4 Å². The third-order valence-corrected chi connectivity index (χ3v) is 6.58. The van der Waals surface area contributed by atoms with Gasteiger partial charge in [-0.25, -0.2) is 0 Å². The van der Waals surface area contributed by atoms with E-state index in [0.29, 0.717) is 31.7 Å². The van der Waals surface area contributed by atoms with Crippen LogP contribution >= 0.6 is 0 Å². The van der Waals surface area contributed by atoms with Gasteiger partial charge in [-0.05, 0) is 40.8 Å². The van der Waals surface area contributed by atoms with E-state index in [4.69, 9.17) is 0 Å². The van der Waals surface area contributed by atoms with Crippen molar-refractivity contribution in [1.82, 2.24) is 15.5 Å². The van der Waals surface area contributed by atoms with Crippen molar-refractivity contribution in [3.05, 3.63) is 90.0 Å². The van der Waals surface area contributed by atoms with E-state index in [0.717, 1.165) is 22.3 Å². The van der Waals surface area contributed by atoms with Crippen LogP contribution in [0.4, 0.5) is 5.69 Å². The number of hydrogen-bond donors (Lipinski definition) is 4. The number of aliphatic hydroxyl groups is 1. The molecule has 8 nitrogen and oxygen atoms in total. The number of aliphatic hydroxyl groups excluding tert-OH is 1. The molecule has 198 valence electrons. The Morgan fingerprint density at radius 3 is 2.34 bits per heavy atom. The third-order valence-electron chi connectivity index (χ3n) is 6.58. The average Bonchev–Trinajstić information content (AvgIpc) is 2.89. The van der Waals surface area contributed by atoms with Crippen molar-refractivity contribution in [2.45, 2.75) is 45.0 Å². The molecule has 0 spiro atoms. The summed E-state index contributed by atoms with van der Waals surface area (Å²) in [5.74, 6) is -0.611. The first kappa shape index (κ1) is 27.0. The Labute approximate surface area is 223 Å². The normalized spacial score (nSPS) is 17.0. The lowest BCUT2D eigenvalue weighted by atomic mass is 9.92. The van der Waals surface area contributed by atoms with Gasteiger partial charge in [0.15, 0.2) is 0 Å². The van der Waals surface area contributed by atoms with Gasteiger partial charge in [0.05, 0.1) is 12.1 Å². The fourth-order valence-electron chi connectivity index (χ4n) is 4.84. The second-order valence-electron chi connectivity index (χ2n) is 9.64. The summed E-state index contributed by atoms with van der Waals surface area (Å²) in [5.41, 5.74) is 4.49. The van der Waals surface area contributed by atoms with E-state index >= 15 is 0 Å². The summed E-state index contributed by atoms with van der Waals surface area (Å²) in [6.45, 7) is 4.43. The van der Waals surface area contributed by atoms with Gasteiger partial charge < -0.3 is 26.0 Å². The van der Waals surface area contributed by atoms with Crippen LogP contribution in [-0.2, 0) is 27.3 Å². The highest BCUT2D eigenvalue weighted by molar-refractivity contribution is 5.89. The molecule has 1 aliphatic heterocycles. The van der Waals surface area contributed by atoms with Crippen LogP contribution in [0.25, 0.3) is 11.1 Å². The lowest BCUT2D eigenvalue weighted by molar-refractivity contribution is -0.141. The maximum Gasteiger partial charge on any atom is 0.242 e.